The SMILES string of the molecule is C=CCOCCCC(=O)N(CCC(=O)O)C1CCOCC1. The van der Waals surface area contributed by atoms with Crippen molar-refractivity contribution in [3.05, 3.63) is 12.7 Å². The Morgan fingerprint density at radius 3 is 2.67 bits per heavy atom. The summed E-state index contributed by atoms with van der Waals surface area (Å²) in [7, 11) is 0. The normalized spacial score (nSPS) is 15.6. The monoisotopic (exact) mass is 299 g/mol. The van der Waals surface area contributed by atoms with Crippen LogP contribution in [0.5, 0.6) is 0 Å². The lowest BCUT2D eigenvalue weighted by atomic mass is 10.1. The maximum absolute atomic E-state index is 12.3. The molecule has 0 unspecified atom stereocenters. The van der Waals surface area contributed by atoms with Crippen LogP contribution in [0.3, 0.4) is 0 Å². The molecule has 0 aromatic rings. The second-order valence-electron chi connectivity index (χ2n) is 5.04. The summed E-state index contributed by atoms with van der Waals surface area (Å²) in [4.78, 5) is 24.8. The van der Waals surface area contributed by atoms with Crippen molar-refractivity contribution >= 4 is 11.9 Å². The fourth-order valence-corrected chi connectivity index (χ4v) is 2.36. The van der Waals surface area contributed by atoms with Crippen LogP contribution in [0.2, 0.25) is 0 Å². The standard InChI is InChI=1S/C15H25NO5/c1-2-9-20-10-3-4-14(17)16(8-5-15(18)19)13-6-11-21-12-7-13/h2,13H,1,3-12H2,(H,18,19). The van der Waals surface area contributed by atoms with E-state index < -0.39 is 5.97 Å². The van der Waals surface area contributed by atoms with Crippen LogP contribution in [-0.4, -0.2) is 60.9 Å². The topological polar surface area (TPSA) is 76.1 Å². The van der Waals surface area contributed by atoms with Gasteiger partial charge in [-0.1, -0.05) is 6.08 Å². The molecular weight excluding hydrogens is 274 g/mol. The van der Waals surface area contributed by atoms with E-state index >= 15 is 0 Å². The molecule has 1 saturated heterocycles. The first-order chi connectivity index (χ1) is 10.1. The highest BCUT2D eigenvalue weighted by atomic mass is 16.5. The summed E-state index contributed by atoms with van der Waals surface area (Å²) in [5.41, 5.74) is 0. The molecule has 6 nitrogen and oxygen atoms in total. The smallest absolute Gasteiger partial charge is 0.305 e. The molecule has 0 bridgehead atoms. The fraction of sp³-hybridized carbons (Fsp3) is 0.733. The number of nitrogens with zero attached hydrogens (tertiary/aromatic N) is 1. The maximum atomic E-state index is 12.3. The summed E-state index contributed by atoms with van der Waals surface area (Å²) < 4.78 is 10.6. The van der Waals surface area contributed by atoms with Crippen LogP contribution in [0.4, 0.5) is 0 Å². The minimum absolute atomic E-state index is 0.00496. The van der Waals surface area contributed by atoms with E-state index in [9.17, 15) is 9.59 Å². The van der Waals surface area contributed by atoms with Gasteiger partial charge < -0.3 is 19.5 Å². The fourth-order valence-electron chi connectivity index (χ4n) is 2.36. The van der Waals surface area contributed by atoms with Crippen molar-refractivity contribution in [2.45, 2.75) is 38.1 Å². The van der Waals surface area contributed by atoms with Crippen LogP contribution >= 0.6 is 0 Å². The predicted molar refractivity (Wildman–Crippen MR) is 78.1 cm³/mol. The number of hydrogen-bond donors (Lipinski definition) is 1. The van der Waals surface area contributed by atoms with Gasteiger partial charge in [0.25, 0.3) is 0 Å². The molecule has 0 saturated carbocycles. The molecule has 120 valence electrons. The van der Waals surface area contributed by atoms with E-state index in [1.165, 1.54) is 0 Å². The number of rotatable bonds is 10. The molecule has 0 atom stereocenters. The molecule has 0 radical (unpaired) electrons. The Balaban J connectivity index is 2.43. The molecule has 1 heterocycles. The Hall–Kier alpha value is -1.40. The summed E-state index contributed by atoms with van der Waals surface area (Å²) in [5, 5.41) is 8.82. The average molecular weight is 299 g/mol. The number of hydrogen-bond acceptors (Lipinski definition) is 4. The summed E-state index contributed by atoms with van der Waals surface area (Å²) in [6.07, 6.45) is 4.23. The Morgan fingerprint density at radius 2 is 2.05 bits per heavy atom. The van der Waals surface area contributed by atoms with Crippen LogP contribution < -0.4 is 0 Å². The zero-order valence-electron chi connectivity index (χ0n) is 12.5. The zero-order chi connectivity index (χ0) is 15.5. The van der Waals surface area contributed by atoms with Gasteiger partial charge in [-0.25, -0.2) is 0 Å². The third kappa shape index (κ3) is 7.24. The Labute approximate surface area is 125 Å². The minimum Gasteiger partial charge on any atom is -0.481 e. The van der Waals surface area contributed by atoms with Gasteiger partial charge in [-0.05, 0) is 19.3 Å². The van der Waals surface area contributed by atoms with Crippen LogP contribution in [-0.2, 0) is 19.1 Å². The molecule has 21 heavy (non-hydrogen) atoms. The summed E-state index contributed by atoms with van der Waals surface area (Å²) >= 11 is 0. The lowest BCUT2D eigenvalue weighted by Crippen LogP contribution is -2.44. The molecule has 6 heteroatoms. The number of aliphatic carboxylic acids is 1. The van der Waals surface area contributed by atoms with Gasteiger partial charge in [-0.2, -0.15) is 0 Å². The van der Waals surface area contributed by atoms with Crippen molar-refractivity contribution < 1.29 is 24.2 Å². The number of carbonyl (C=O) groups is 2. The number of carbonyl (C=O) groups excluding carboxylic acids is 1. The van der Waals surface area contributed by atoms with Crippen molar-refractivity contribution in [2.75, 3.05) is 33.0 Å². The maximum Gasteiger partial charge on any atom is 0.305 e. The van der Waals surface area contributed by atoms with Crippen LogP contribution in [0, 0.1) is 0 Å². The minimum atomic E-state index is -0.880. The van der Waals surface area contributed by atoms with E-state index in [2.05, 4.69) is 6.58 Å². The first-order valence-corrected chi connectivity index (χ1v) is 7.42. The molecule has 0 spiro atoms. The van der Waals surface area contributed by atoms with Gasteiger partial charge in [0.2, 0.25) is 5.91 Å². The molecular formula is C15H25NO5. The average Bonchev–Trinajstić information content (AvgIpc) is 2.48. The number of amides is 1. The predicted octanol–water partition coefficient (Wildman–Crippen LogP) is 1.45. The molecule has 1 amide bonds. The van der Waals surface area contributed by atoms with Crippen molar-refractivity contribution in [1.29, 1.82) is 0 Å². The van der Waals surface area contributed by atoms with Gasteiger partial charge in [-0.15, -0.1) is 6.58 Å². The van der Waals surface area contributed by atoms with Crippen molar-refractivity contribution in [3.8, 4) is 0 Å². The van der Waals surface area contributed by atoms with E-state index in [-0.39, 0.29) is 24.9 Å². The van der Waals surface area contributed by atoms with E-state index in [0.29, 0.717) is 39.3 Å². The van der Waals surface area contributed by atoms with E-state index in [0.717, 1.165) is 12.8 Å². The summed E-state index contributed by atoms with van der Waals surface area (Å²) in [5.74, 6) is -0.875. The first kappa shape index (κ1) is 17.7. The highest BCUT2D eigenvalue weighted by Gasteiger charge is 2.25. The van der Waals surface area contributed by atoms with Gasteiger partial charge in [0.15, 0.2) is 0 Å². The summed E-state index contributed by atoms with van der Waals surface area (Å²) in [6.45, 7) is 6.08. The second kappa shape index (κ2) is 10.3. The van der Waals surface area contributed by atoms with Gasteiger partial charge in [0.1, 0.15) is 0 Å². The number of ether oxygens (including phenoxy) is 2. The summed E-state index contributed by atoms with van der Waals surface area (Å²) in [6, 6.07) is 0.0969. The second-order valence-corrected chi connectivity index (χ2v) is 5.04. The van der Waals surface area contributed by atoms with Crippen LogP contribution in [0.25, 0.3) is 0 Å². The third-order valence-corrected chi connectivity index (χ3v) is 3.43. The van der Waals surface area contributed by atoms with E-state index in [1.807, 2.05) is 0 Å². The van der Waals surface area contributed by atoms with Gasteiger partial charge in [0.05, 0.1) is 13.0 Å². The zero-order valence-corrected chi connectivity index (χ0v) is 12.5. The number of carboxylic acids is 1. The Morgan fingerprint density at radius 1 is 1.33 bits per heavy atom. The Kier molecular flexibility index (Phi) is 8.69. The molecule has 1 fully saturated rings. The van der Waals surface area contributed by atoms with Gasteiger partial charge in [0, 0.05) is 38.8 Å². The molecule has 1 N–H and O–H groups in total. The highest BCUT2D eigenvalue weighted by molar-refractivity contribution is 5.77. The third-order valence-electron chi connectivity index (χ3n) is 3.43. The molecule has 0 aliphatic carbocycles. The number of carboxylic acid groups (broad SMARTS) is 1. The quantitative estimate of drug-likeness (QED) is 0.488. The first-order valence-electron chi connectivity index (χ1n) is 7.42. The molecule has 1 rings (SSSR count). The van der Waals surface area contributed by atoms with Crippen molar-refractivity contribution in [2.24, 2.45) is 0 Å². The molecule has 1 aliphatic rings. The largest absolute Gasteiger partial charge is 0.481 e. The highest BCUT2D eigenvalue weighted by Crippen LogP contribution is 2.16. The van der Waals surface area contributed by atoms with Gasteiger partial charge in [-0.3, -0.25) is 9.59 Å². The molecule has 1 aliphatic heterocycles. The van der Waals surface area contributed by atoms with Crippen LogP contribution in [0.15, 0.2) is 12.7 Å². The van der Waals surface area contributed by atoms with Crippen molar-refractivity contribution in [1.82, 2.24) is 4.90 Å². The van der Waals surface area contributed by atoms with E-state index in [4.69, 9.17) is 14.6 Å². The molecule has 0 aromatic heterocycles. The Bertz CT molecular complexity index is 339. The van der Waals surface area contributed by atoms with Gasteiger partial charge >= 0.3 is 5.97 Å². The lowest BCUT2D eigenvalue weighted by Gasteiger charge is -2.34. The van der Waals surface area contributed by atoms with E-state index in [1.54, 1.807) is 11.0 Å². The van der Waals surface area contributed by atoms with Crippen molar-refractivity contribution in [3.63, 3.8) is 0 Å². The van der Waals surface area contributed by atoms with Crippen LogP contribution in [0.1, 0.15) is 32.1 Å². The lowest BCUT2D eigenvalue weighted by molar-refractivity contribution is -0.140. The molecule has 0 aromatic carbocycles.